The molecule has 0 spiro atoms. The van der Waals surface area contributed by atoms with Crippen molar-refractivity contribution in [3.63, 3.8) is 0 Å². The molecule has 0 aromatic carbocycles. The van der Waals surface area contributed by atoms with Crippen molar-refractivity contribution in [3.05, 3.63) is 11.9 Å². The minimum absolute atomic E-state index is 0.537. The predicted octanol–water partition coefficient (Wildman–Crippen LogP) is 2.25. The Balaban J connectivity index is 3.80. The van der Waals surface area contributed by atoms with Gasteiger partial charge in [-0.05, 0) is 0 Å². The average Bonchev–Trinajstić information content (AvgIpc) is 2.04. The van der Waals surface area contributed by atoms with Gasteiger partial charge in [-0.25, -0.2) is 0 Å². The minimum atomic E-state index is -2.44. The second-order valence-corrected chi connectivity index (χ2v) is 2.16. The molecule has 0 aliphatic carbocycles. The quantitative estimate of drug-likeness (QED) is 0.532. The molecule has 0 aliphatic heterocycles. The molecule has 0 bridgehead atoms. The summed E-state index contributed by atoms with van der Waals surface area (Å²) < 4.78 is 48.7. The summed E-state index contributed by atoms with van der Waals surface area (Å²) in [7, 11) is -0.671. The molecule has 0 unspecified atom stereocenters. The van der Waals surface area contributed by atoms with E-state index in [4.69, 9.17) is 0 Å². The number of halogens is 3. The number of esters is 1. The van der Waals surface area contributed by atoms with Crippen LogP contribution in [0.1, 0.15) is 6.42 Å². The van der Waals surface area contributed by atoms with Gasteiger partial charge in [0, 0.05) is 0 Å². The third-order valence-electron chi connectivity index (χ3n) is 0.897. The number of carbonyl (C=O) groups is 1. The van der Waals surface area contributed by atoms with Gasteiger partial charge in [0.25, 0.3) is 0 Å². The maximum atomic E-state index is 12.0. The first-order chi connectivity index (χ1) is 6.07. The Hall–Kier alpha value is -0.990. The third-order valence-corrected chi connectivity index (χ3v) is 1.17. The van der Waals surface area contributed by atoms with Crippen LogP contribution < -0.4 is 0 Å². The molecule has 0 rings (SSSR count). The Kier molecular flexibility index (Phi) is 6.02. The molecule has 0 atom stereocenters. The predicted molar refractivity (Wildman–Crippen MR) is 37.4 cm³/mol. The Morgan fingerprint density at radius 3 is 2.46 bits per heavy atom. The summed E-state index contributed by atoms with van der Waals surface area (Å²) in [6, 6.07) is 0. The molecule has 13 heavy (non-hydrogen) atoms. The average molecular weight is 212 g/mol. The fourth-order valence-electron chi connectivity index (χ4n) is 0.397. The van der Waals surface area contributed by atoms with Crippen LogP contribution in [0.25, 0.3) is 0 Å². The van der Waals surface area contributed by atoms with E-state index in [1.165, 1.54) is 0 Å². The van der Waals surface area contributed by atoms with E-state index in [1.807, 2.05) is 0 Å². The van der Waals surface area contributed by atoms with Gasteiger partial charge in [-0.15, -0.1) is 0 Å². The van der Waals surface area contributed by atoms with Gasteiger partial charge >= 0.3 is 71.7 Å². The van der Waals surface area contributed by atoms with Crippen molar-refractivity contribution >= 4 is 13.9 Å². The SMILES string of the molecule is O=P#CC(=O)OCCC(F)=C(F)F. The molecule has 0 saturated carbocycles. The van der Waals surface area contributed by atoms with Crippen molar-refractivity contribution in [2.75, 3.05) is 6.61 Å². The summed E-state index contributed by atoms with van der Waals surface area (Å²) in [4.78, 5) is 10.3. The van der Waals surface area contributed by atoms with E-state index in [9.17, 15) is 22.5 Å². The van der Waals surface area contributed by atoms with Crippen LogP contribution in [-0.2, 0) is 14.1 Å². The van der Waals surface area contributed by atoms with E-state index in [0.717, 1.165) is 0 Å². The van der Waals surface area contributed by atoms with E-state index < -0.39 is 38.8 Å². The van der Waals surface area contributed by atoms with Crippen molar-refractivity contribution in [1.29, 1.82) is 0 Å². The molecule has 0 aromatic rings. The monoisotopic (exact) mass is 212 g/mol. The van der Waals surface area contributed by atoms with Crippen LogP contribution in [0.3, 0.4) is 0 Å². The van der Waals surface area contributed by atoms with Crippen LogP contribution in [-0.4, -0.2) is 12.6 Å². The maximum absolute atomic E-state index is 12.0. The molecular formula is C6H4F3O3P. The van der Waals surface area contributed by atoms with Gasteiger partial charge < -0.3 is 0 Å². The molecule has 0 heterocycles. The van der Waals surface area contributed by atoms with Gasteiger partial charge in [0.2, 0.25) is 0 Å². The molecule has 0 aromatic heterocycles. The molecule has 0 aliphatic rings. The van der Waals surface area contributed by atoms with Crippen LogP contribution in [0.5, 0.6) is 0 Å². The van der Waals surface area contributed by atoms with Gasteiger partial charge in [0.05, 0.1) is 0 Å². The number of ether oxygens (including phenoxy) is 1. The summed E-state index contributed by atoms with van der Waals surface area (Å²) in [5.74, 6) is -2.70. The Labute approximate surface area is 72.7 Å². The summed E-state index contributed by atoms with van der Waals surface area (Å²) in [6.07, 6.45) is -3.14. The molecule has 0 amide bonds. The molecule has 0 fully saturated rings. The standard InChI is InChI=1S/C6H4F3O3P/c7-4(6(8)9)1-2-12-5(10)3-13-11/h1-2H2. The second kappa shape index (κ2) is 6.52. The van der Waals surface area contributed by atoms with E-state index >= 15 is 0 Å². The second-order valence-electron chi connectivity index (χ2n) is 1.75. The summed E-state index contributed by atoms with van der Waals surface area (Å²) >= 11 is 0. The Morgan fingerprint density at radius 1 is 1.38 bits per heavy atom. The Morgan fingerprint density at radius 2 is 2.00 bits per heavy atom. The van der Waals surface area contributed by atoms with Gasteiger partial charge in [-0.2, -0.15) is 0 Å². The molecular weight excluding hydrogens is 208 g/mol. The van der Waals surface area contributed by atoms with Gasteiger partial charge in [0.1, 0.15) is 0 Å². The summed E-state index contributed by atoms with van der Waals surface area (Å²) in [6.45, 7) is -0.537. The van der Waals surface area contributed by atoms with E-state index in [0.29, 0.717) is 0 Å². The zero-order valence-electron chi connectivity index (χ0n) is 6.22. The zero-order chi connectivity index (χ0) is 10.3. The fourth-order valence-corrected chi connectivity index (χ4v) is 0.536. The number of hydrogen-bond donors (Lipinski definition) is 0. The molecule has 0 radical (unpaired) electrons. The Bertz CT molecular complexity index is 315. The van der Waals surface area contributed by atoms with E-state index in [2.05, 4.69) is 4.74 Å². The molecule has 3 nitrogen and oxygen atoms in total. The van der Waals surface area contributed by atoms with Gasteiger partial charge in [-0.1, -0.05) is 0 Å². The molecule has 7 heteroatoms. The van der Waals surface area contributed by atoms with Crippen molar-refractivity contribution in [2.45, 2.75) is 6.42 Å². The van der Waals surface area contributed by atoms with Crippen molar-refractivity contribution in [1.82, 2.24) is 0 Å². The first kappa shape index (κ1) is 12.0. The van der Waals surface area contributed by atoms with Crippen LogP contribution >= 0.6 is 7.92 Å². The van der Waals surface area contributed by atoms with Crippen LogP contribution in [0.15, 0.2) is 11.9 Å². The van der Waals surface area contributed by atoms with Gasteiger partial charge in [-0.3, -0.25) is 0 Å². The fraction of sp³-hybridized carbons (Fsp3) is 0.333. The topological polar surface area (TPSA) is 43.4 Å². The molecule has 0 N–H and O–H groups in total. The van der Waals surface area contributed by atoms with Crippen molar-refractivity contribution in [2.24, 2.45) is 0 Å². The van der Waals surface area contributed by atoms with Crippen molar-refractivity contribution < 1.29 is 27.3 Å². The number of carbonyl (C=O) groups excluding carboxylic acids is 1. The first-order valence-electron chi connectivity index (χ1n) is 3.02. The zero-order valence-corrected chi connectivity index (χ0v) is 7.11. The van der Waals surface area contributed by atoms with Crippen LogP contribution in [0, 0.1) is 5.63 Å². The van der Waals surface area contributed by atoms with Crippen LogP contribution in [0.4, 0.5) is 13.2 Å². The first-order valence-corrected chi connectivity index (χ1v) is 3.84. The van der Waals surface area contributed by atoms with Crippen LogP contribution in [0.2, 0.25) is 0 Å². The van der Waals surface area contributed by atoms with Crippen molar-refractivity contribution in [3.8, 4) is 5.63 Å². The van der Waals surface area contributed by atoms with E-state index in [-0.39, 0.29) is 0 Å². The third kappa shape index (κ3) is 6.20. The molecule has 72 valence electrons. The number of rotatable bonds is 3. The normalized spacial score (nSPS) is 8.54. The summed E-state index contributed by atoms with van der Waals surface area (Å²) in [5, 5.41) is 0. The van der Waals surface area contributed by atoms with Gasteiger partial charge in [0.15, 0.2) is 0 Å². The van der Waals surface area contributed by atoms with E-state index in [1.54, 1.807) is 5.63 Å². The summed E-state index contributed by atoms with van der Waals surface area (Å²) in [5.41, 5.74) is 1.68. The molecule has 0 saturated heterocycles. The number of hydrogen-bond acceptors (Lipinski definition) is 3.